The molecule has 1 unspecified atom stereocenters. The van der Waals surface area contributed by atoms with Crippen LogP contribution in [0, 0.1) is 5.82 Å². The van der Waals surface area contributed by atoms with Crippen molar-refractivity contribution in [1.82, 2.24) is 4.90 Å². The molecule has 1 aliphatic heterocycles. The summed E-state index contributed by atoms with van der Waals surface area (Å²) >= 11 is 0. The van der Waals surface area contributed by atoms with E-state index < -0.39 is 5.82 Å². The third kappa shape index (κ3) is 1.72. The van der Waals surface area contributed by atoms with Crippen molar-refractivity contribution >= 4 is 5.96 Å². The lowest BCUT2D eigenvalue weighted by molar-refractivity contribution is 0.407. The van der Waals surface area contributed by atoms with Gasteiger partial charge in [-0.15, -0.1) is 0 Å². The summed E-state index contributed by atoms with van der Waals surface area (Å²) in [5.74, 6) is -0.100. The molecule has 1 aliphatic rings. The number of benzene rings is 1. The first kappa shape index (κ1) is 9.76. The SMILES string of the molecule is CN1C(N)=NCC1c1cc(O)cc(F)c1. The zero-order valence-corrected chi connectivity index (χ0v) is 8.31. The quantitative estimate of drug-likeness (QED) is 0.720. The van der Waals surface area contributed by atoms with Gasteiger partial charge in [-0.2, -0.15) is 0 Å². The van der Waals surface area contributed by atoms with E-state index in [9.17, 15) is 9.50 Å². The lowest BCUT2D eigenvalue weighted by Gasteiger charge is -2.21. The molecule has 1 heterocycles. The van der Waals surface area contributed by atoms with Crippen molar-refractivity contribution in [2.75, 3.05) is 13.6 Å². The highest BCUT2D eigenvalue weighted by atomic mass is 19.1. The van der Waals surface area contributed by atoms with E-state index in [1.165, 1.54) is 12.1 Å². The smallest absolute Gasteiger partial charge is 0.191 e. The van der Waals surface area contributed by atoms with Crippen LogP contribution in [-0.2, 0) is 0 Å². The molecule has 0 spiro atoms. The van der Waals surface area contributed by atoms with Crippen LogP contribution in [0.1, 0.15) is 11.6 Å². The van der Waals surface area contributed by atoms with Crippen LogP contribution in [0.2, 0.25) is 0 Å². The fourth-order valence-corrected chi connectivity index (χ4v) is 1.69. The van der Waals surface area contributed by atoms with E-state index in [0.29, 0.717) is 18.1 Å². The predicted molar refractivity (Wildman–Crippen MR) is 55.1 cm³/mol. The first-order valence-electron chi connectivity index (χ1n) is 4.60. The first-order chi connectivity index (χ1) is 7.08. The van der Waals surface area contributed by atoms with Crippen LogP contribution in [-0.4, -0.2) is 29.6 Å². The molecule has 0 aliphatic carbocycles. The minimum atomic E-state index is -0.455. The topological polar surface area (TPSA) is 61.8 Å². The molecule has 2 rings (SSSR count). The van der Waals surface area contributed by atoms with Crippen molar-refractivity contribution in [2.24, 2.45) is 10.7 Å². The monoisotopic (exact) mass is 209 g/mol. The maximum absolute atomic E-state index is 13.1. The van der Waals surface area contributed by atoms with Gasteiger partial charge in [0.25, 0.3) is 0 Å². The highest BCUT2D eigenvalue weighted by Gasteiger charge is 2.24. The average molecular weight is 209 g/mol. The maximum Gasteiger partial charge on any atom is 0.191 e. The van der Waals surface area contributed by atoms with Gasteiger partial charge < -0.3 is 15.7 Å². The van der Waals surface area contributed by atoms with Crippen LogP contribution in [0.3, 0.4) is 0 Å². The normalized spacial score (nSPS) is 20.5. The molecular formula is C10H12FN3O. The van der Waals surface area contributed by atoms with E-state index in [4.69, 9.17) is 5.73 Å². The number of halogens is 1. The number of hydrogen-bond acceptors (Lipinski definition) is 4. The van der Waals surface area contributed by atoms with Gasteiger partial charge >= 0.3 is 0 Å². The lowest BCUT2D eigenvalue weighted by Crippen LogP contribution is -2.32. The summed E-state index contributed by atoms with van der Waals surface area (Å²) in [6, 6.07) is 3.89. The summed E-state index contributed by atoms with van der Waals surface area (Å²) in [5.41, 5.74) is 6.28. The third-order valence-electron chi connectivity index (χ3n) is 2.54. The standard InChI is InChI=1S/C10H12FN3O/c1-14-9(5-13-10(14)12)6-2-7(11)4-8(15)3-6/h2-4,9,15H,5H2,1H3,(H2,12,13). The summed E-state index contributed by atoms with van der Waals surface area (Å²) in [7, 11) is 1.79. The van der Waals surface area contributed by atoms with Crippen LogP contribution >= 0.6 is 0 Å². The Labute approximate surface area is 86.8 Å². The first-order valence-corrected chi connectivity index (χ1v) is 4.60. The second-order valence-corrected chi connectivity index (χ2v) is 3.57. The van der Waals surface area contributed by atoms with Gasteiger partial charge in [0.15, 0.2) is 5.96 Å². The Kier molecular flexibility index (Phi) is 2.22. The number of nitrogens with zero attached hydrogens (tertiary/aromatic N) is 2. The van der Waals surface area contributed by atoms with Crippen molar-refractivity contribution in [1.29, 1.82) is 0 Å². The highest BCUT2D eigenvalue weighted by molar-refractivity contribution is 5.80. The van der Waals surface area contributed by atoms with Crippen LogP contribution in [0.15, 0.2) is 23.2 Å². The fourth-order valence-electron chi connectivity index (χ4n) is 1.69. The molecule has 1 aromatic carbocycles. The largest absolute Gasteiger partial charge is 0.508 e. The molecule has 0 amide bonds. The molecule has 0 fully saturated rings. The van der Waals surface area contributed by atoms with E-state index in [0.717, 1.165) is 6.07 Å². The molecule has 4 nitrogen and oxygen atoms in total. The predicted octanol–water partition coefficient (Wildman–Crippen LogP) is 0.833. The number of aliphatic imine (C=N–C) groups is 1. The van der Waals surface area contributed by atoms with E-state index >= 15 is 0 Å². The average Bonchev–Trinajstić information content (AvgIpc) is 2.46. The second-order valence-electron chi connectivity index (χ2n) is 3.57. The minimum absolute atomic E-state index is 0.0797. The molecule has 15 heavy (non-hydrogen) atoms. The highest BCUT2D eigenvalue weighted by Crippen LogP contribution is 2.27. The maximum atomic E-state index is 13.1. The van der Waals surface area contributed by atoms with E-state index in [-0.39, 0.29) is 11.8 Å². The van der Waals surface area contributed by atoms with Gasteiger partial charge in [-0.3, -0.25) is 4.99 Å². The number of guanidine groups is 1. The van der Waals surface area contributed by atoms with E-state index in [1.807, 2.05) is 0 Å². The van der Waals surface area contributed by atoms with Crippen molar-refractivity contribution in [3.8, 4) is 5.75 Å². The van der Waals surface area contributed by atoms with Crippen LogP contribution in [0.4, 0.5) is 4.39 Å². The summed E-state index contributed by atoms with van der Waals surface area (Å²) in [6.45, 7) is 0.491. The zero-order valence-electron chi connectivity index (χ0n) is 8.31. The van der Waals surface area contributed by atoms with Gasteiger partial charge in [0.05, 0.1) is 12.6 Å². The Balaban J connectivity index is 2.31. The number of phenolic OH excluding ortho intramolecular Hbond substituents is 1. The number of hydrogen-bond donors (Lipinski definition) is 2. The molecule has 0 saturated heterocycles. The Morgan fingerprint density at radius 3 is 2.80 bits per heavy atom. The molecule has 80 valence electrons. The molecule has 0 aromatic heterocycles. The van der Waals surface area contributed by atoms with Gasteiger partial charge in [0.2, 0.25) is 0 Å². The Hall–Kier alpha value is -1.78. The number of phenols is 1. The second kappa shape index (κ2) is 3.42. The molecule has 0 radical (unpaired) electrons. The zero-order chi connectivity index (χ0) is 11.0. The van der Waals surface area contributed by atoms with Gasteiger partial charge in [-0.05, 0) is 17.7 Å². The van der Waals surface area contributed by atoms with Gasteiger partial charge in [0, 0.05) is 13.1 Å². The molecule has 3 N–H and O–H groups in total. The van der Waals surface area contributed by atoms with Crippen molar-refractivity contribution in [2.45, 2.75) is 6.04 Å². The van der Waals surface area contributed by atoms with Crippen molar-refractivity contribution in [3.05, 3.63) is 29.6 Å². The molecule has 1 aromatic rings. The Morgan fingerprint density at radius 1 is 1.53 bits per heavy atom. The third-order valence-corrected chi connectivity index (χ3v) is 2.54. The molecule has 0 bridgehead atoms. The molecule has 5 heteroatoms. The summed E-state index contributed by atoms with van der Waals surface area (Å²) in [4.78, 5) is 5.81. The van der Waals surface area contributed by atoms with Crippen molar-refractivity contribution < 1.29 is 9.50 Å². The van der Waals surface area contributed by atoms with E-state index in [1.54, 1.807) is 11.9 Å². The Morgan fingerprint density at radius 2 is 2.27 bits per heavy atom. The van der Waals surface area contributed by atoms with Gasteiger partial charge in [-0.25, -0.2) is 4.39 Å². The fraction of sp³-hybridized carbons (Fsp3) is 0.300. The number of rotatable bonds is 1. The number of nitrogens with two attached hydrogens (primary N) is 1. The van der Waals surface area contributed by atoms with Crippen LogP contribution in [0.5, 0.6) is 5.75 Å². The lowest BCUT2D eigenvalue weighted by atomic mass is 10.1. The van der Waals surface area contributed by atoms with Crippen molar-refractivity contribution in [3.63, 3.8) is 0 Å². The molecule has 0 saturated carbocycles. The van der Waals surface area contributed by atoms with Gasteiger partial charge in [0.1, 0.15) is 11.6 Å². The van der Waals surface area contributed by atoms with Crippen LogP contribution < -0.4 is 5.73 Å². The minimum Gasteiger partial charge on any atom is -0.508 e. The summed E-state index contributed by atoms with van der Waals surface area (Å²) in [6.07, 6.45) is 0. The molecule has 1 atom stereocenters. The molecular weight excluding hydrogens is 197 g/mol. The van der Waals surface area contributed by atoms with Crippen LogP contribution in [0.25, 0.3) is 0 Å². The number of aromatic hydroxyl groups is 1. The summed E-state index contributed by atoms with van der Waals surface area (Å²) in [5, 5.41) is 9.28. The van der Waals surface area contributed by atoms with E-state index in [2.05, 4.69) is 4.99 Å². The number of likely N-dealkylation sites (N-methyl/N-ethyl adjacent to an activating group) is 1. The van der Waals surface area contributed by atoms with Gasteiger partial charge in [-0.1, -0.05) is 0 Å². The summed E-state index contributed by atoms with van der Waals surface area (Å²) < 4.78 is 13.1. The Bertz CT molecular complexity index is 399.